The van der Waals surface area contributed by atoms with Crippen molar-refractivity contribution in [3.63, 3.8) is 0 Å². The summed E-state index contributed by atoms with van der Waals surface area (Å²) in [4.78, 5) is 2.01. The van der Waals surface area contributed by atoms with Gasteiger partial charge in [0.25, 0.3) is 5.17 Å². The zero-order valence-corrected chi connectivity index (χ0v) is 9.14. The number of benzene rings is 1. The highest BCUT2D eigenvalue weighted by Crippen LogP contribution is 2.12. The van der Waals surface area contributed by atoms with Gasteiger partial charge < -0.3 is 9.64 Å². The molecule has 0 bridgehead atoms. The average molecular weight is 228 g/mol. The quantitative estimate of drug-likeness (QED) is 0.569. The molecule has 0 aliphatic carbocycles. The lowest BCUT2D eigenvalue weighted by Gasteiger charge is -2.07. The van der Waals surface area contributed by atoms with Gasteiger partial charge in [0.2, 0.25) is 0 Å². The van der Waals surface area contributed by atoms with Crippen LogP contribution in [0.3, 0.4) is 0 Å². The summed E-state index contributed by atoms with van der Waals surface area (Å²) in [6.07, 6.45) is 0. The molecule has 0 atom stereocenters. The van der Waals surface area contributed by atoms with Crippen LogP contribution in [0.5, 0.6) is 0 Å². The zero-order chi connectivity index (χ0) is 9.97. The van der Waals surface area contributed by atoms with E-state index in [1.54, 1.807) is 0 Å². The normalized spacial score (nSPS) is 13.9. The lowest BCUT2D eigenvalue weighted by Crippen LogP contribution is -2.11. The molecular formula is C10H10ClNOS. The molecular weight excluding hydrogens is 218 g/mol. The van der Waals surface area contributed by atoms with Crippen molar-refractivity contribution in [2.24, 2.45) is 0 Å². The van der Waals surface area contributed by atoms with Gasteiger partial charge in [-0.15, -0.1) is 0 Å². The van der Waals surface area contributed by atoms with Crippen molar-refractivity contribution in [1.29, 1.82) is 0 Å². The van der Waals surface area contributed by atoms with Crippen molar-refractivity contribution >= 4 is 29.0 Å². The predicted octanol–water partition coefficient (Wildman–Crippen LogP) is 2.46. The first-order valence-electron chi connectivity index (χ1n) is 4.42. The molecule has 0 radical (unpaired) electrons. The van der Waals surface area contributed by atoms with Gasteiger partial charge in [-0.1, -0.05) is 23.7 Å². The van der Waals surface area contributed by atoms with Crippen LogP contribution in [0.1, 0.15) is 5.56 Å². The number of nitrogens with zero attached hydrogens (tertiary/aromatic N) is 1. The number of hydrogen-bond acceptors (Lipinski definition) is 2. The molecule has 0 aromatic heterocycles. The molecule has 1 aromatic carbocycles. The Hall–Kier alpha value is -0.800. The van der Waals surface area contributed by atoms with Crippen LogP contribution in [-0.4, -0.2) is 23.2 Å². The summed E-state index contributed by atoms with van der Waals surface area (Å²) < 4.78 is 5.41. The molecule has 1 saturated heterocycles. The van der Waals surface area contributed by atoms with Gasteiger partial charge in [-0.3, -0.25) is 0 Å². The summed E-state index contributed by atoms with van der Waals surface area (Å²) in [7, 11) is 0. The van der Waals surface area contributed by atoms with Crippen molar-refractivity contribution in [3.8, 4) is 0 Å². The third-order valence-electron chi connectivity index (χ3n) is 1.98. The van der Waals surface area contributed by atoms with Crippen LogP contribution in [0.15, 0.2) is 24.3 Å². The molecule has 0 unspecified atom stereocenters. The Balaban J connectivity index is 1.85. The van der Waals surface area contributed by atoms with Crippen molar-refractivity contribution in [2.75, 3.05) is 13.1 Å². The maximum atomic E-state index is 5.76. The van der Waals surface area contributed by atoms with E-state index < -0.39 is 0 Å². The molecule has 74 valence electrons. The van der Waals surface area contributed by atoms with Gasteiger partial charge in [0.1, 0.15) is 6.61 Å². The molecule has 2 rings (SSSR count). The Bertz CT molecular complexity index is 334. The monoisotopic (exact) mass is 227 g/mol. The summed E-state index contributed by atoms with van der Waals surface area (Å²) in [5.74, 6) is 0. The Morgan fingerprint density at radius 1 is 1.36 bits per heavy atom. The first-order chi connectivity index (χ1) is 6.75. The standard InChI is InChI=1S/C10H10ClNOS/c11-9-3-1-8(2-4-9)7-13-10(14)12-5-6-12/h1-4H,5-7H2. The van der Waals surface area contributed by atoms with E-state index in [2.05, 4.69) is 0 Å². The van der Waals surface area contributed by atoms with Gasteiger partial charge in [0.05, 0.1) is 0 Å². The third kappa shape index (κ3) is 2.59. The summed E-state index contributed by atoms with van der Waals surface area (Å²) in [5, 5.41) is 1.34. The maximum absolute atomic E-state index is 5.76. The van der Waals surface area contributed by atoms with Gasteiger partial charge in [0.15, 0.2) is 0 Å². The lowest BCUT2D eigenvalue weighted by atomic mass is 10.2. The summed E-state index contributed by atoms with van der Waals surface area (Å²) in [6.45, 7) is 2.57. The van der Waals surface area contributed by atoms with Crippen molar-refractivity contribution in [3.05, 3.63) is 34.9 Å². The fraction of sp³-hybridized carbons (Fsp3) is 0.300. The highest BCUT2D eigenvalue weighted by molar-refractivity contribution is 7.80. The minimum absolute atomic E-state index is 0.520. The van der Waals surface area contributed by atoms with Gasteiger partial charge in [-0.2, -0.15) is 0 Å². The fourth-order valence-electron chi connectivity index (χ4n) is 1.05. The molecule has 1 heterocycles. The van der Waals surface area contributed by atoms with Crippen molar-refractivity contribution in [1.82, 2.24) is 4.90 Å². The van der Waals surface area contributed by atoms with E-state index in [9.17, 15) is 0 Å². The van der Waals surface area contributed by atoms with Crippen LogP contribution in [0.2, 0.25) is 5.02 Å². The molecule has 0 saturated carbocycles. The van der Waals surface area contributed by atoms with Crippen LogP contribution in [0.25, 0.3) is 0 Å². The first kappa shape index (κ1) is 9.74. The molecule has 1 aromatic rings. The van der Waals surface area contributed by atoms with Crippen LogP contribution in [0.4, 0.5) is 0 Å². The number of thiocarbonyl (C=S) groups is 1. The Morgan fingerprint density at radius 2 is 2.00 bits per heavy atom. The first-order valence-corrected chi connectivity index (χ1v) is 5.20. The SMILES string of the molecule is S=C(OCc1ccc(Cl)cc1)N1CC1. The molecule has 2 nitrogen and oxygen atoms in total. The van der Waals surface area contributed by atoms with E-state index in [1.807, 2.05) is 29.2 Å². The average Bonchev–Trinajstić information content (AvgIpc) is 3.00. The smallest absolute Gasteiger partial charge is 0.259 e. The molecule has 0 spiro atoms. The van der Waals surface area contributed by atoms with Crippen molar-refractivity contribution < 1.29 is 4.74 Å². The van der Waals surface area contributed by atoms with E-state index in [-0.39, 0.29) is 0 Å². The van der Waals surface area contributed by atoms with Crippen LogP contribution in [0, 0.1) is 0 Å². The van der Waals surface area contributed by atoms with Gasteiger partial charge >= 0.3 is 0 Å². The summed E-state index contributed by atoms with van der Waals surface area (Å²) in [6, 6.07) is 7.57. The molecule has 4 heteroatoms. The van der Waals surface area contributed by atoms with Crippen molar-refractivity contribution in [2.45, 2.75) is 6.61 Å². The number of rotatable bonds is 2. The van der Waals surface area contributed by atoms with E-state index in [4.69, 9.17) is 28.6 Å². The molecule has 1 aliphatic heterocycles. The fourth-order valence-corrected chi connectivity index (χ4v) is 1.42. The Labute approximate surface area is 93.4 Å². The molecule has 14 heavy (non-hydrogen) atoms. The molecule has 0 amide bonds. The topological polar surface area (TPSA) is 12.2 Å². The third-order valence-corrected chi connectivity index (χ3v) is 2.61. The number of ether oxygens (including phenoxy) is 1. The second-order valence-corrected chi connectivity index (χ2v) is 3.95. The molecule has 1 aliphatic rings. The van der Waals surface area contributed by atoms with Crippen LogP contribution < -0.4 is 0 Å². The van der Waals surface area contributed by atoms with Crippen LogP contribution >= 0.6 is 23.8 Å². The second-order valence-electron chi connectivity index (χ2n) is 3.17. The summed E-state index contributed by atoms with van der Waals surface area (Å²) >= 11 is 10.8. The van der Waals surface area contributed by atoms with E-state index in [1.165, 1.54) is 0 Å². The van der Waals surface area contributed by atoms with Gasteiger partial charge in [-0.05, 0) is 29.9 Å². The second kappa shape index (κ2) is 4.15. The Kier molecular flexibility index (Phi) is 2.89. The predicted molar refractivity (Wildman–Crippen MR) is 60.4 cm³/mol. The largest absolute Gasteiger partial charge is 0.466 e. The van der Waals surface area contributed by atoms with Gasteiger partial charge in [-0.25, -0.2) is 0 Å². The number of halogens is 1. The van der Waals surface area contributed by atoms with E-state index in [0.29, 0.717) is 11.8 Å². The van der Waals surface area contributed by atoms with Crippen LogP contribution in [-0.2, 0) is 11.3 Å². The zero-order valence-electron chi connectivity index (χ0n) is 7.57. The van der Waals surface area contributed by atoms with E-state index >= 15 is 0 Å². The van der Waals surface area contributed by atoms with E-state index in [0.717, 1.165) is 23.7 Å². The molecule has 1 fully saturated rings. The lowest BCUT2D eigenvalue weighted by molar-refractivity contribution is 0.273. The Morgan fingerprint density at radius 3 is 2.57 bits per heavy atom. The van der Waals surface area contributed by atoms with Gasteiger partial charge in [0, 0.05) is 18.1 Å². The highest BCUT2D eigenvalue weighted by atomic mass is 35.5. The minimum atomic E-state index is 0.520. The summed E-state index contributed by atoms with van der Waals surface area (Å²) in [5.41, 5.74) is 1.08. The minimum Gasteiger partial charge on any atom is -0.466 e. The molecule has 0 N–H and O–H groups in total. The highest BCUT2D eigenvalue weighted by Gasteiger charge is 2.21. The number of hydrogen-bond donors (Lipinski definition) is 0. The maximum Gasteiger partial charge on any atom is 0.259 e.